The van der Waals surface area contributed by atoms with Gasteiger partial charge in [0.25, 0.3) is 11.7 Å². The number of ether oxygens (including phenoxy) is 3. The van der Waals surface area contributed by atoms with Crippen molar-refractivity contribution in [2.75, 3.05) is 20.3 Å². The lowest BCUT2D eigenvalue weighted by molar-refractivity contribution is -0.140. The number of ketones is 1. The minimum atomic E-state index is -0.842. The molecule has 1 heterocycles. The molecule has 196 valence electrons. The fraction of sp³-hybridized carbons (Fsp3) is 0.233. The van der Waals surface area contributed by atoms with Crippen molar-refractivity contribution in [3.05, 3.63) is 101 Å². The highest BCUT2D eigenvalue weighted by Gasteiger charge is 2.45. The second kappa shape index (κ2) is 11.7. The van der Waals surface area contributed by atoms with E-state index in [-0.39, 0.29) is 24.5 Å². The van der Waals surface area contributed by atoms with Gasteiger partial charge in [-0.05, 0) is 53.9 Å². The van der Waals surface area contributed by atoms with Crippen molar-refractivity contribution in [1.82, 2.24) is 4.90 Å². The summed E-state index contributed by atoms with van der Waals surface area (Å²) < 4.78 is 16.2. The van der Waals surface area contributed by atoms with E-state index >= 15 is 0 Å². The van der Waals surface area contributed by atoms with E-state index in [0.717, 1.165) is 11.1 Å². The van der Waals surface area contributed by atoms with Gasteiger partial charge in [-0.1, -0.05) is 42.5 Å². The molecule has 4 rings (SSSR count). The number of benzene rings is 3. The van der Waals surface area contributed by atoms with Crippen LogP contribution in [0.15, 0.2) is 78.4 Å². The molecule has 3 aromatic carbocycles. The molecule has 1 amide bonds. The molecule has 0 bridgehead atoms. The second-order valence-corrected chi connectivity index (χ2v) is 8.90. The zero-order valence-electron chi connectivity index (χ0n) is 21.5. The minimum absolute atomic E-state index is 0.0244. The molecule has 1 saturated heterocycles. The summed E-state index contributed by atoms with van der Waals surface area (Å²) in [5.41, 5.74) is 2.73. The van der Waals surface area contributed by atoms with E-state index in [1.807, 2.05) is 37.3 Å². The number of hydrogen-bond acceptors (Lipinski definition) is 7. The van der Waals surface area contributed by atoms with Crippen molar-refractivity contribution in [1.29, 1.82) is 0 Å². The SMILES string of the molecule is COCCN1C(=O)C(=O)/C(=C(\O)c2ccc(OCc3ccccc3)c(C)c2)C1c1ccc(OC(C)=O)cc1. The quantitative estimate of drug-likeness (QED) is 0.146. The van der Waals surface area contributed by atoms with Gasteiger partial charge in [-0.25, -0.2) is 0 Å². The Morgan fingerprint density at radius 3 is 2.34 bits per heavy atom. The van der Waals surface area contributed by atoms with Crippen LogP contribution in [0.1, 0.15) is 35.2 Å². The average Bonchev–Trinajstić information content (AvgIpc) is 3.16. The molecule has 0 radical (unpaired) electrons. The largest absolute Gasteiger partial charge is 0.507 e. The first kappa shape index (κ1) is 26.6. The Kier molecular flexibility index (Phi) is 8.23. The van der Waals surface area contributed by atoms with Gasteiger partial charge in [-0.2, -0.15) is 0 Å². The molecule has 8 nitrogen and oxygen atoms in total. The van der Waals surface area contributed by atoms with Gasteiger partial charge in [0.15, 0.2) is 0 Å². The molecular formula is C30H29NO7. The van der Waals surface area contributed by atoms with Gasteiger partial charge in [0, 0.05) is 26.1 Å². The summed E-state index contributed by atoms with van der Waals surface area (Å²) in [6, 6.07) is 20.5. The number of esters is 1. The molecular weight excluding hydrogens is 486 g/mol. The van der Waals surface area contributed by atoms with Crippen LogP contribution in [0.4, 0.5) is 0 Å². The summed E-state index contributed by atoms with van der Waals surface area (Å²) in [4.78, 5) is 38.8. The van der Waals surface area contributed by atoms with E-state index in [0.29, 0.717) is 29.2 Å². The summed E-state index contributed by atoms with van der Waals surface area (Å²) in [6.45, 7) is 3.90. The van der Waals surface area contributed by atoms with Crippen LogP contribution in [0.25, 0.3) is 5.76 Å². The first-order valence-electron chi connectivity index (χ1n) is 12.1. The molecule has 1 aliphatic rings. The van der Waals surface area contributed by atoms with Crippen molar-refractivity contribution in [2.24, 2.45) is 0 Å². The Bertz CT molecular complexity index is 1360. The lowest BCUT2D eigenvalue weighted by atomic mass is 9.94. The number of likely N-dealkylation sites (tertiary alicyclic amines) is 1. The zero-order chi connectivity index (χ0) is 27.2. The maximum Gasteiger partial charge on any atom is 0.308 e. The third-order valence-corrected chi connectivity index (χ3v) is 6.22. The monoisotopic (exact) mass is 515 g/mol. The van der Waals surface area contributed by atoms with Crippen LogP contribution in [-0.4, -0.2) is 47.9 Å². The minimum Gasteiger partial charge on any atom is -0.507 e. The maximum atomic E-state index is 13.2. The number of carbonyl (C=O) groups is 3. The summed E-state index contributed by atoms with van der Waals surface area (Å²) in [7, 11) is 1.50. The molecule has 1 atom stereocenters. The smallest absolute Gasteiger partial charge is 0.308 e. The number of aryl methyl sites for hydroxylation is 1. The lowest BCUT2D eigenvalue weighted by Crippen LogP contribution is -2.32. The third kappa shape index (κ3) is 5.76. The number of methoxy groups -OCH3 is 1. The molecule has 1 fully saturated rings. The van der Waals surface area contributed by atoms with E-state index in [1.165, 1.54) is 18.9 Å². The van der Waals surface area contributed by atoms with Crippen LogP contribution in [-0.2, 0) is 25.7 Å². The number of Topliss-reactive ketones (excluding diaryl/α,β-unsaturated/α-hetero) is 1. The number of amides is 1. The van der Waals surface area contributed by atoms with Crippen LogP contribution in [0.3, 0.4) is 0 Å². The molecule has 38 heavy (non-hydrogen) atoms. The van der Waals surface area contributed by atoms with Crippen molar-refractivity contribution >= 4 is 23.4 Å². The lowest BCUT2D eigenvalue weighted by Gasteiger charge is -2.25. The highest BCUT2D eigenvalue weighted by Crippen LogP contribution is 2.40. The fourth-order valence-electron chi connectivity index (χ4n) is 4.38. The van der Waals surface area contributed by atoms with E-state index in [9.17, 15) is 19.5 Å². The van der Waals surface area contributed by atoms with Gasteiger partial charge in [-0.15, -0.1) is 0 Å². The van der Waals surface area contributed by atoms with Gasteiger partial charge in [0.05, 0.1) is 18.2 Å². The van der Waals surface area contributed by atoms with Crippen LogP contribution in [0, 0.1) is 6.92 Å². The first-order valence-corrected chi connectivity index (χ1v) is 12.1. The van der Waals surface area contributed by atoms with E-state index < -0.39 is 23.7 Å². The number of aliphatic hydroxyl groups is 1. The summed E-state index contributed by atoms with van der Waals surface area (Å²) >= 11 is 0. The Morgan fingerprint density at radius 1 is 1.00 bits per heavy atom. The van der Waals surface area contributed by atoms with Crippen LogP contribution < -0.4 is 9.47 Å². The Labute approximate surface area is 221 Å². The first-order chi connectivity index (χ1) is 18.3. The maximum absolute atomic E-state index is 13.2. The van der Waals surface area contributed by atoms with Crippen molar-refractivity contribution < 1.29 is 33.7 Å². The van der Waals surface area contributed by atoms with Crippen molar-refractivity contribution in [2.45, 2.75) is 26.5 Å². The van der Waals surface area contributed by atoms with Crippen molar-refractivity contribution in [3.63, 3.8) is 0 Å². The van der Waals surface area contributed by atoms with E-state index in [2.05, 4.69) is 0 Å². The molecule has 0 saturated carbocycles. The topological polar surface area (TPSA) is 102 Å². The zero-order valence-corrected chi connectivity index (χ0v) is 21.5. The molecule has 3 aromatic rings. The van der Waals surface area contributed by atoms with Gasteiger partial charge in [0.2, 0.25) is 0 Å². The predicted molar refractivity (Wildman–Crippen MR) is 141 cm³/mol. The number of nitrogens with zero attached hydrogens (tertiary/aromatic N) is 1. The van der Waals surface area contributed by atoms with Crippen LogP contribution in [0.2, 0.25) is 0 Å². The number of carbonyl (C=O) groups excluding carboxylic acids is 3. The summed E-state index contributed by atoms with van der Waals surface area (Å²) in [5, 5.41) is 11.3. The highest BCUT2D eigenvalue weighted by molar-refractivity contribution is 6.46. The van der Waals surface area contributed by atoms with Gasteiger partial charge in [0.1, 0.15) is 23.9 Å². The Morgan fingerprint density at radius 2 is 1.71 bits per heavy atom. The summed E-state index contributed by atoms with van der Waals surface area (Å²) in [6.07, 6.45) is 0. The number of hydrogen-bond donors (Lipinski definition) is 1. The van der Waals surface area contributed by atoms with Crippen LogP contribution in [0.5, 0.6) is 11.5 Å². The Hall–Kier alpha value is -4.43. The molecule has 8 heteroatoms. The molecule has 1 unspecified atom stereocenters. The average molecular weight is 516 g/mol. The number of aliphatic hydroxyl groups excluding tert-OH is 1. The summed E-state index contributed by atoms with van der Waals surface area (Å²) in [5.74, 6) is -1.28. The van der Waals surface area contributed by atoms with Crippen LogP contribution >= 0.6 is 0 Å². The second-order valence-electron chi connectivity index (χ2n) is 8.90. The molecule has 0 aliphatic carbocycles. The van der Waals surface area contributed by atoms with Gasteiger partial charge < -0.3 is 24.2 Å². The van der Waals surface area contributed by atoms with Gasteiger partial charge >= 0.3 is 5.97 Å². The van der Waals surface area contributed by atoms with Crippen molar-refractivity contribution in [3.8, 4) is 11.5 Å². The number of rotatable bonds is 9. The predicted octanol–water partition coefficient (Wildman–Crippen LogP) is 4.57. The Balaban J connectivity index is 1.69. The normalized spacial score (nSPS) is 16.5. The molecule has 1 N–H and O–H groups in total. The highest BCUT2D eigenvalue weighted by atomic mass is 16.5. The molecule has 0 aromatic heterocycles. The standard InChI is InChI=1S/C30H29NO7/c1-19-17-23(11-14-25(19)37-18-21-7-5-4-6-8-21)28(33)26-27(31(15-16-36-3)30(35)29(26)34)22-9-12-24(13-10-22)38-20(2)32/h4-14,17,27,33H,15-16,18H2,1-3H3/b28-26-. The van der Waals surface area contributed by atoms with E-state index in [4.69, 9.17) is 14.2 Å². The molecule has 1 aliphatic heterocycles. The van der Waals surface area contributed by atoms with E-state index in [1.54, 1.807) is 42.5 Å². The third-order valence-electron chi connectivity index (χ3n) is 6.22. The fourth-order valence-corrected chi connectivity index (χ4v) is 4.38. The van der Waals surface area contributed by atoms with Gasteiger partial charge in [-0.3, -0.25) is 14.4 Å². The molecule has 0 spiro atoms.